The molecule has 0 aromatic carbocycles. The highest BCUT2D eigenvalue weighted by Gasteiger charge is 2.38. The standard InChI is InChI=1S/C16H19N5O/c22-15(14-3-1-6-17-14)21-10-12-4-5-13(21)11-20(9-12)16-18-7-2-8-19-16/h1-3,6-8,12-13,17H,4-5,9-11H2/t12-,13+/m0/s1. The van der Waals surface area contributed by atoms with Crippen LogP contribution >= 0.6 is 0 Å². The number of carbonyl (C=O) groups excluding carboxylic acids is 1. The lowest BCUT2D eigenvalue weighted by Crippen LogP contribution is -2.47. The van der Waals surface area contributed by atoms with Gasteiger partial charge in [-0.25, -0.2) is 9.97 Å². The van der Waals surface area contributed by atoms with Crippen molar-refractivity contribution < 1.29 is 4.79 Å². The van der Waals surface area contributed by atoms with E-state index in [0.717, 1.165) is 32.0 Å². The number of nitrogens with zero attached hydrogens (tertiary/aromatic N) is 4. The van der Waals surface area contributed by atoms with Gasteiger partial charge in [0.25, 0.3) is 5.91 Å². The first-order chi connectivity index (χ1) is 10.8. The van der Waals surface area contributed by atoms with E-state index < -0.39 is 0 Å². The van der Waals surface area contributed by atoms with Crippen molar-refractivity contribution in [3.05, 3.63) is 42.5 Å². The van der Waals surface area contributed by atoms with Crippen LogP contribution in [0.25, 0.3) is 0 Å². The van der Waals surface area contributed by atoms with Gasteiger partial charge in [0.15, 0.2) is 0 Å². The third kappa shape index (κ3) is 2.34. The molecular weight excluding hydrogens is 278 g/mol. The molecule has 6 heteroatoms. The van der Waals surface area contributed by atoms with Gasteiger partial charge in [0.1, 0.15) is 5.69 Å². The number of hydrogen-bond donors (Lipinski definition) is 1. The van der Waals surface area contributed by atoms with Crippen LogP contribution < -0.4 is 4.90 Å². The van der Waals surface area contributed by atoms with Gasteiger partial charge >= 0.3 is 0 Å². The van der Waals surface area contributed by atoms with Crippen LogP contribution in [0.5, 0.6) is 0 Å². The molecule has 2 aromatic rings. The Morgan fingerprint density at radius 3 is 2.77 bits per heavy atom. The topological polar surface area (TPSA) is 65.1 Å². The lowest BCUT2D eigenvalue weighted by Gasteiger charge is -2.35. The normalized spacial score (nSPS) is 24.4. The first-order valence-corrected chi connectivity index (χ1v) is 7.77. The summed E-state index contributed by atoms with van der Waals surface area (Å²) in [6, 6.07) is 5.78. The third-order valence-electron chi connectivity index (χ3n) is 4.64. The van der Waals surface area contributed by atoms with E-state index in [1.165, 1.54) is 6.42 Å². The summed E-state index contributed by atoms with van der Waals surface area (Å²) in [4.78, 5) is 28.7. The number of nitrogens with one attached hydrogen (secondary N) is 1. The van der Waals surface area contributed by atoms with Crippen molar-refractivity contribution in [2.75, 3.05) is 24.5 Å². The second-order valence-electron chi connectivity index (χ2n) is 6.09. The molecule has 0 saturated carbocycles. The fraction of sp³-hybridized carbons (Fsp3) is 0.438. The van der Waals surface area contributed by atoms with Crippen LogP contribution in [0.2, 0.25) is 0 Å². The number of piperidine rings is 1. The SMILES string of the molecule is O=C(c1ccc[nH]1)N1C[C@H]2CC[C@@H]1CN(c1ncccn1)C2. The maximum atomic E-state index is 12.7. The van der Waals surface area contributed by atoms with E-state index in [0.29, 0.717) is 11.6 Å². The Morgan fingerprint density at radius 2 is 2.00 bits per heavy atom. The van der Waals surface area contributed by atoms with Crippen molar-refractivity contribution in [3.63, 3.8) is 0 Å². The minimum atomic E-state index is 0.107. The van der Waals surface area contributed by atoms with Crippen LogP contribution in [0.4, 0.5) is 5.95 Å². The van der Waals surface area contributed by atoms with Crippen molar-refractivity contribution in [2.45, 2.75) is 18.9 Å². The average Bonchev–Trinajstić information content (AvgIpc) is 2.95. The molecule has 22 heavy (non-hydrogen) atoms. The van der Waals surface area contributed by atoms with Crippen molar-refractivity contribution >= 4 is 11.9 Å². The monoisotopic (exact) mass is 297 g/mol. The summed E-state index contributed by atoms with van der Waals surface area (Å²) >= 11 is 0. The Balaban J connectivity index is 1.58. The fourth-order valence-electron chi connectivity index (χ4n) is 3.57. The molecule has 5 heterocycles. The van der Waals surface area contributed by atoms with E-state index in [9.17, 15) is 4.79 Å². The molecule has 3 aliphatic heterocycles. The Kier molecular flexibility index (Phi) is 3.29. The predicted molar refractivity (Wildman–Crippen MR) is 82.6 cm³/mol. The molecule has 0 spiro atoms. The summed E-state index contributed by atoms with van der Waals surface area (Å²) in [5.74, 6) is 1.37. The quantitative estimate of drug-likeness (QED) is 0.913. The highest BCUT2D eigenvalue weighted by molar-refractivity contribution is 5.92. The van der Waals surface area contributed by atoms with E-state index in [-0.39, 0.29) is 11.9 Å². The molecule has 2 aromatic heterocycles. The average molecular weight is 297 g/mol. The van der Waals surface area contributed by atoms with E-state index >= 15 is 0 Å². The van der Waals surface area contributed by atoms with Crippen molar-refractivity contribution in [1.82, 2.24) is 19.9 Å². The predicted octanol–water partition coefficient (Wildman–Crippen LogP) is 1.55. The third-order valence-corrected chi connectivity index (χ3v) is 4.64. The number of aromatic nitrogens is 3. The van der Waals surface area contributed by atoms with Crippen LogP contribution in [0.15, 0.2) is 36.8 Å². The fourth-order valence-corrected chi connectivity index (χ4v) is 3.57. The molecule has 5 rings (SSSR count). The maximum Gasteiger partial charge on any atom is 0.270 e. The Bertz CT molecular complexity index is 642. The summed E-state index contributed by atoms with van der Waals surface area (Å²) in [6.07, 6.45) is 7.57. The number of amides is 1. The van der Waals surface area contributed by atoms with Gasteiger partial charge in [-0.15, -0.1) is 0 Å². The number of anilines is 1. The molecule has 114 valence electrons. The Morgan fingerprint density at radius 1 is 1.14 bits per heavy atom. The first-order valence-electron chi connectivity index (χ1n) is 7.77. The van der Waals surface area contributed by atoms with E-state index in [2.05, 4.69) is 19.9 Å². The Hall–Kier alpha value is -2.37. The largest absolute Gasteiger partial charge is 0.357 e. The van der Waals surface area contributed by atoms with Gasteiger partial charge in [-0.1, -0.05) is 0 Å². The van der Waals surface area contributed by atoms with Gasteiger partial charge in [-0.2, -0.15) is 0 Å². The maximum absolute atomic E-state index is 12.7. The summed E-state index contributed by atoms with van der Waals surface area (Å²) < 4.78 is 0. The minimum Gasteiger partial charge on any atom is -0.357 e. The molecule has 0 radical (unpaired) electrons. The summed E-state index contributed by atoms with van der Waals surface area (Å²) in [7, 11) is 0. The molecule has 3 aliphatic rings. The lowest BCUT2D eigenvalue weighted by atomic mass is 9.95. The molecule has 0 unspecified atom stereocenters. The summed E-state index contributed by atoms with van der Waals surface area (Å²) in [5.41, 5.74) is 0.676. The zero-order chi connectivity index (χ0) is 14.9. The molecule has 6 nitrogen and oxygen atoms in total. The molecular formula is C16H19N5O. The van der Waals surface area contributed by atoms with E-state index in [4.69, 9.17) is 0 Å². The van der Waals surface area contributed by atoms with Crippen molar-refractivity contribution in [1.29, 1.82) is 0 Å². The highest BCUT2D eigenvalue weighted by Crippen LogP contribution is 2.30. The van der Waals surface area contributed by atoms with Gasteiger partial charge in [-0.3, -0.25) is 4.79 Å². The van der Waals surface area contributed by atoms with Crippen molar-refractivity contribution in [2.24, 2.45) is 5.92 Å². The van der Waals surface area contributed by atoms with Gasteiger partial charge in [0.2, 0.25) is 5.95 Å². The molecule has 3 fully saturated rings. The number of rotatable bonds is 2. The molecule has 0 aliphatic carbocycles. The number of aromatic amines is 1. The van der Waals surface area contributed by atoms with Gasteiger partial charge in [0, 0.05) is 44.3 Å². The lowest BCUT2D eigenvalue weighted by molar-refractivity contribution is 0.0586. The molecule has 2 bridgehead atoms. The number of H-pyrrole nitrogens is 1. The zero-order valence-corrected chi connectivity index (χ0v) is 12.4. The number of hydrogen-bond acceptors (Lipinski definition) is 4. The van der Waals surface area contributed by atoms with Gasteiger partial charge < -0.3 is 14.8 Å². The zero-order valence-electron chi connectivity index (χ0n) is 12.4. The molecule has 1 N–H and O–H groups in total. The Labute approximate surface area is 129 Å². The van der Waals surface area contributed by atoms with Crippen molar-refractivity contribution in [3.8, 4) is 0 Å². The summed E-state index contributed by atoms with van der Waals surface area (Å²) in [5, 5.41) is 0. The van der Waals surface area contributed by atoms with Gasteiger partial charge in [0.05, 0.1) is 0 Å². The number of carbonyl (C=O) groups is 1. The second kappa shape index (κ2) is 5.44. The minimum absolute atomic E-state index is 0.107. The highest BCUT2D eigenvalue weighted by atomic mass is 16.2. The molecule has 2 atom stereocenters. The smallest absolute Gasteiger partial charge is 0.270 e. The van der Waals surface area contributed by atoms with Crippen LogP contribution in [0.1, 0.15) is 23.3 Å². The van der Waals surface area contributed by atoms with Crippen LogP contribution in [0.3, 0.4) is 0 Å². The van der Waals surface area contributed by atoms with E-state index in [1.54, 1.807) is 18.6 Å². The van der Waals surface area contributed by atoms with Gasteiger partial charge in [-0.05, 0) is 37.0 Å². The van der Waals surface area contributed by atoms with E-state index in [1.807, 2.05) is 23.1 Å². The molecule has 3 saturated heterocycles. The molecule has 1 amide bonds. The van der Waals surface area contributed by atoms with Crippen LogP contribution in [-0.2, 0) is 0 Å². The first kappa shape index (κ1) is 13.3. The van der Waals surface area contributed by atoms with Crippen LogP contribution in [0, 0.1) is 5.92 Å². The summed E-state index contributed by atoms with van der Waals surface area (Å²) in [6.45, 7) is 2.56. The number of fused-ring (bicyclic) bond motifs is 4. The van der Waals surface area contributed by atoms with Crippen LogP contribution in [-0.4, -0.2) is 51.4 Å². The second-order valence-corrected chi connectivity index (χ2v) is 6.09.